The zero-order valence-corrected chi connectivity index (χ0v) is 21.1. The van der Waals surface area contributed by atoms with E-state index in [-0.39, 0.29) is 11.3 Å². The van der Waals surface area contributed by atoms with Crippen LogP contribution in [0.2, 0.25) is 0 Å². The van der Waals surface area contributed by atoms with Crippen LogP contribution in [0.15, 0.2) is 75.9 Å². The normalized spacial score (nSPS) is 14.8. The molecule has 1 aliphatic heterocycles. The Morgan fingerprint density at radius 1 is 0.972 bits per heavy atom. The summed E-state index contributed by atoms with van der Waals surface area (Å²) < 4.78 is 6.08. The molecule has 4 aromatic rings. The number of fused-ring (bicyclic) bond motifs is 1. The van der Waals surface area contributed by atoms with Crippen molar-refractivity contribution in [2.45, 2.75) is 40.2 Å². The summed E-state index contributed by atoms with van der Waals surface area (Å²) in [4.78, 5) is 28.0. The SMILES string of the molecule is Cc1cc(C)c2oc(-c3ccc(C(=O)Nc4ccc(CN5CCC(C)CC5)cc4)cc3)cc(=O)c2c1. The highest BCUT2D eigenvalue weighted by Gasteiger charge is 2.16. The van der Waals surface area contributed by atoms with Gasteiger partial charge in [0.25, 0.3) is 5.91 Å². The molecule has 0 saturated carbocycles. The number of piperidine rings is 1. The van der Waals surface area contributed by atoms with Crippen LogP contribution in [0, 0.1) is 19.8 Å². The number of anilines is 1. The Kier molecular flexibility index (Phi) is 6.75. The standard InChI is InChI=1S/C31H32N2O3/c1-20-12-14-33(15-13-20)19-23-4-10-26(11-5-23)32-31(35)25-8-6-24(7-9-25)29-18-28(34)27-17-21(2)16-22(3)30(27)36-29/h4-11,16-18,20H,12-15,19H2,1-3H3,(H,32,35). The third kappa shape index (κ3) is 5.26. The quantitative estimate of drug-likeness (QED) is 0.351. The average molecular weight is 481 g/mol. The van der Waals surface area contributed by atoms with Crippen LogP contribution in [-0.2, 0) is 6.54 Å². The maximum Gasteiger partial charge on any atom is 0.255 e. The van der Waals surface area contributed by atoms with Gasteiger partial charge in [-0.05, 0) is 92.7 Å². The van der Waals surface area contributed by atoms with Crippen LogP contribution in [0.1, 0.15) is 46.8 Å². The van der Waals surface area contributed by atoms with E-state index in [1.54, 1.807) is 12.1 Å². The van der Waals surface area contributed by atoms with Gasteiger partial charge in [-0.2, -0.15) is 0 Å². The fourth-order valence-electron chi connectivity index (χ4n) is 4.91. The fraction of sp³-hybridized carbons (Fsp3) is 0.290. The largest absolute Gasteiger partial charge is 0.456 e. The van der Waals surface area contributed by atoms with E-state index in [9.17, 15) is 9.59 Å². The number of hydrogen-bond donors (Lipinski definition) is 1. The molecule has 3 aromatic carbocycles. The van der Waals surface area contributed by atoms with Crippen LogP contribution in [0.4, 0.5) is 5.69 Å². The molecule has 0 spiro atoms. The van der Waals surface area contributed by atoms with Gasteiger partial charge in [-0.25, -0.2) is 0 Å². The van der Waals surface area contributed by atoms with Gasteiger partial charge in [0.15, 0.2) is 5.43 Å². The highest BCUT2D eigenvalue weighted by atomic mass is 16.3. The van der Waals surface area contributed by atoms with Crippen molar-refractivity contribution in [3.8, 4) is 11.3 Å². The summed E-state index contributed by atoms with van der Waals surface area (Å²) in [5.41, 5.74) is 5.81. The van der Waals surface area contributed by atoms with E-state index < -0.39 is 0 Å². The first-order chi connectivity index (χ1) is 17.4. The van der Waals surface area contributed by atoms with Gasteiger partial charge in [-0.3, -0.25) is 14.5 Å². The summed E-state index contributed by atoms with van der Waals surface area (Å²) in [5, 5.41) is 3.56. The topological polar surface area (TPSA) is 62.6 Å². The van der Waals surface area contributed by atoms with Crippen molar-refractivity contribution in [1.29, 1.82) is 0 Å². The fourth-order valence-corrected chi connectivity index (χ4v) is 4.91. The maximum atomic E-state index is 12.8. The molecule has 1 aliphatic rings. The smallest absolute Gasteiger partial charge is 0.255 e. The monoisotopic (exact) mass is 480 g/mol. The molecule has 0 atom stereocenters. The average Bonchev–Trinajstić information content (AvgIpc) is 2.87. The lowest BCUT2D eigenvalue weighted by Gasteiger charge is -2.30. The number of aryl methyl sites for hydroxylation is 2. The number of carbonyl (C=O) groups excluding carboxylic acids is 1. The molecule has 1 amide bonds. The minimum Gasteiger partial charge on any atom is -0.456 e. The molecule has 0 bridgehead atoms. The number of likely N-dealkylation sites (tertiary alicyclic amines) is 1. The Labute approximate surface area is 211 Å². The van der Waals surface area contributed by atoms with Crippen molar-refractivity contribution in [2.75, 3.05) is 18.4 Å². The first-order valence-electron chi connectivity index (χ1n) is 12.6. The van der Waals surface area contributed by atoms with Gasteiger partial charge in [-0.15, -0.1) is 0 Å². The number of nitrogens with one attached hydrogen (secondary N) is 1. The number of benzene rings is 3. The predicted octanol–water partition coefficient (Wildman–Crippen LogP) is 6.56. The van der Waals surface area contributed by atoms with Gasteiger partial charge in [0.05, 0.1) is 5.39 Å². The molecule has 1 fully saturated rings. The van der Waals surface area contributed by atoms with Crippen molar-refractivity contribution in [1.82, 2.24) is 4.90 Å². The molecule has 2 heterocycles. The van der Waals surface area contributed by atoms with Crippen molar-refractivity contribution in [3.05, 3.63) is 99.2 Å². The second kappa shape index (κ2) is 10.1. The molecule has 5 nitrogen and oxygen atoms in total. The van der Waals surface area contributed by atoms with Crippen LogP contribution in [0.25, 0.3) is 22.3 Å². The van der Waals surface area contributed by atoms with Crippen LogP contribution < -0.4 is 10.7 Å². The first kappa shape index (κ1) is 24.0. The van der Waals surface area contributed by atoms with Crippen molar-refractivity contribution in [3.63, 3.8) is 0 Å². The Bertz CT molecular complexity index is 1440. The third-order valence-electron chi connectivity index (χ3n) is 7.08. The lowest BCUT2D eigenvalue weighted by molar-refractivity contribution is 0.102. The van der Waals surface area contributed by atoms with Crippen molar-refractivity contribution < 1.29 is 9.21 Å². The van der Waals surface area contributed by atoms with Gasteiger partial charge in [0.2, 0.25) is 0 Å². The molecule has 1 N–H and O–H groups in total. The van der Waals surface area contributed by atoms with E-state index in [1.807, 2.05) is 50.2 Å². The van der Waals surface area contributed by atoms with Gasteiger partial charge < -0.3 is 9.73 Å². The van der Waals surface area contributed by atoms with E-state index >= 15 is 0 Å². The minimum absolute atomic E-state index is 0.0711. The number of hydrogen-bond acceptors (Lipinski definition) is 4. The summed E-state index contributed by atoms with van der Waals surface area (Å²) in [6, 6.07) is 20.6. The molecule has 0 unspecified atom stereocenters. The second-order valence-electron chi connectivity index (χ2n) is 10.1. The molecule has 0 radical (unpaired) electrons. The number of rotatable bonds is 5. The van der Waals surface area contributed by atoms with Crippen LogP contribution in [0.5, 0.6) is 0 Å². The Morgan fingerprint density at radius 2 is 1.67 bits per heavy atom. The molecule has 36 heavy (non-hydrogen) atoms. The molecule has 5 heteroatoms. The second-order valence-corrected chi connectivity index (χ2v) is 10.1. The number of nitrogens with zero attached hydrogens (tertiary/aromatic N) is 1. The molecular formula is C31H32N2O3. The summed E-state index contributed by atoms with van der Waals surface area (Å²) in [6.45, 7) is 9.48. The van der Waals surface area contributed by atoms with Crippen LogP contribution >= 0.6 is 0 Å². The number of amides is 1. The molecule has 1 saturated heterocycles. The van der Waals surface area contributed by atoms with E-state index in [0.717, 1.165) is 47.9 Å². The van der Waals surface area contributed by atoms with E-state index in [2.05, 4.69) is 29.3 Å². The Morgan fingerprint density at radius 3 is 2.36 bits per heavy atom. The molecule has 1 aromatic heterocycles. The maximum absolute atomic E-state index is 12.8. The summed E-state index contributed by atoms with van der Waals surface area (Å²) in [5.74, 6) is 1.14. The van der Waals surface area contributed by atoms with Crippen LogP contribution in [0.3, 0.4) is 0 Å². The Balaban J connectivity index is 1.26. The van der Waals surface area contributed by atoms with Crippen molar-refractivity contribution >= 4 is 22.6 Å². The summed E-state index contributed by atoms with van der Waals surface area (Å²) in [6.07, 6.45) is 2.53. The van der Waals surface area contributed by atoms with Gasteiger partial charge in [-0.1, -0.05) is 37.3 Å². The Hall–Kier alpha value is -3.70. The molecular weight excluding hydrogens is 448 g/mol. The van der Waals surface area contributed by atoms with E-state index in [0.29, 0.717) is 22.3 Å². The van der Waals surface area contributed by atoms with E-state index in [1.165, 1.54) is 24.5 Å². The highest BCUT2D eigenvalue weighted by Crippen LogP contribution is 2.26. The number of carbonyl (C=O) groups is 1. The lowest BCUT2D eigenvalue weighted by Crippen LogP contribution is -2.32. The highest BCUT2D eigenvalue weighted by molar-refractivity contribution is 6.04. The van der Waals surface area contributed by atoms with E-state index in [4.69, 9.17) is 4.42 Å². The minimum atomic E-state index is -0.175. The molecule has 184 valence electrons. The lowest BCUT2D eigenvalue weighted by atomic mass is 9.99. The zero-order valence-electron chi connectivity index (χ0n) is 21.1. The zero-order chi connectivity index (χ0) is 25.2. The summed E-state index contributed by atoms with van der Waals surface area (Å²) >= 11 is 0. The molecule has 0 aliphatic carbocycles. The summed E-state index contributed by atoms with van der Waals surface area (Å²) in [7, 11) is 0. The van der Waals surface area contributed by atoms with Crippen molar-refractivity contribution in [2.24, 2.45) is 5.92 Å². The first-order valence-corrected chi connectivity index (χ1v) is 12.6. The van der Waals surface area contributed by atoms with Gasteiger partial charge in [0, 0.05) is 29.4 Å². The van der Waals surface area contributed by atoms with Gasteiger partial charge >= 0.3 is 0 Å². The predicted molar refractivity (Wildman–Crippen MR) is 145 cm³/mol. The van der Waals surface area contributed by atoms with Gasteiger partial charge in [0.1, 0.15) is 11.3 Å². The third-order valence-corrected chi connectivity index (χ3v) is 7.08. The van der Waals surface area contributed by atoms with Crippen LogP contribution in [-0.4, -0.2) is 23.9 Å². The molecule has 5 rings (SSSR count).